The van der Waals surface area contributed by atoms with Crippen LogP contribution in [0.15, 0.2) is 4.52 Å². The largest absolute Gasteiger partial charge is 0.338 e. The molecule has 1 N–H and O–H groups in total. The number of hydrogen-bond acceptors (Lipinski definition) is 5. The molecule has 1 saturated carbocycles. The lowest BCUT2D eigenvalue weighted by molar-refractivity contribution is 0.201. The van der Waals surface area contributed by atoms with Crippen molar-refractivity contribution in [2.75, 3.05) is 19.6 Å². The zero-order valence-electron chi connectivity index (χ0n) is 10.8. The summed E-state index contributed by atoms with van der Waals surface area (Å²) in [5.74, 6) is 3.93. The summed E-state index contributed by atoms with van der Waals surface area (Å²) in [6.45, 7) is 6.66. The molecule has 1 aromatic heterocycles. The van der Waals surface area contributed by atoms with Gasteiger partial charge in [0.15, 0.2) is 5.82 Å². The van der Waals surface area contributed by atoms with Crippen molar-refractivity contribution >= 4 is 0 Å². The van der Waals surface area contributed by atoms with E-state index in [0.29, 0.717) is 12.0 Å². The Morgan fingerprint density at radius 1 is 1.39 bits per heavy atom. The van der Waals surface area contributed by atoms with Gasteiger partial charge in [-0.05, 0) is 44.7 Å². The van der Waals surface area contributed by atoms with E-state index in [1.54, 1.807) is 0 Å². The number of aromatic nitrogens is 2. The Morgan fingerprint density at radius 2 is 2.28 bits per heavy atom. The molecule has 0 amide bonds. The number of hydrogen-bond donors (Lipinski definition) is 1. The maximum atomic E-state index is 5.38. The number of nitrogens with one attached hydrogen (secondary N) is 1. The van der Waals surface area contributed by atoms with Gasteiger partial charge in [0.05, 0.1) is 6.54 Å². The van der Waals surface area contributed by atoms with Gasteiger partial charge in [-0.15, -0.1) is 0 Å². The van der Waals surface area contributed by atoms with Gasteiger partial charge in [-0.1, -0.05) is 5.16 Å². The second kappa shape index (κ2) is 4.03. The van der Waals surface area contributed by atoms with E-state index in [9.17, 15) is 0 Å². The van der Waals surface area contributed by atoms with E-state index in [0.717, 1.165) is 30.1 Å². The third kappa shape index (κ3) is 1.77. The summed E-state index contributed by atoms with van der Waals surface area (Å²) < 4.78 is 5.38. The smallest absolute Gasteiger partial charge is 0.240 e. The average molecular weight is 248 g/mol. The molecule has 3 unspecified atom stereocenters. The minimum absolute atomic E-state index is 0.585. The first kappa shape index (κ1) is 10.9. The lowest BCUT2D eigenvalue weighted by Gasteiger charge is -2.22. The van der Waals surface area contributed by atoms with Crippen molar-refractivity contribution in [3.63, 3.8) is 0 Å². The molecule has 2 aliphatic heterocycles. The van der Waals surface area contributed by atoms with Crippen LogP contribution in [0.4, 0.5) is 0 Å². The van der Waals surface area contributed by atoms with Gasteiger partial charge in [0, 0.05) is 18.5 Å². The summed E-state index contributed by atoms with van der Waals surface area (Å²) in [5.41, 5.74) is 0. The van der Waals surface area contributed by atoms with Crippen LogP contribution in [0.5, 0.6) is 0 Å². The molecule has 18 heavy (non-hydrogen) atoms. The molecule has 98 valence electrons. The molecule has 5 nitrogen and oxygen atoms in total. The Balaban J connectivity index is 1.44. The predicted octanol–water partition coefficient (Wildman–Crippen LogP) is 0.987. The standard InChI is InChI=1S/C13H20N4O/c1-8-11-5-14-4-10(11)6-17(8)7-12-15-13(16-18-12)9-2-3-9/h8-11,14H,2-7H2,1H3. The van der Waals surface area contributed by atoms with E-state index in [1.807, 2.05) is 0 Å². The van der Waals surface area contributed by atoms with Crippen LogP contribution < -0.4 is 5.32 Å². The van der Waals surface area contributed by atoms with Crippen LogP contribution in [0, 0.1) is 11.8 Å². The maximum Gasteiger partial charge on any atom is 0.240 e. The van der Waals surface area contributed by atoms with E-state index in [1.165, 1.54) is 32.5 Å². The zero-order chi connectivity index (χ0) is 12.1. The van der Waals surface area contributed by atoms with E-state index in [-0.39, 0.29) is 0 Å². The van der Waals surface area contributed by atoms with Crippen LogP contribution in [0.1, 0.15) is 37.4 Å². The SMILES string of the molecule is CC1C2CNCC2CN1Cc1nc(C2CC2)no1. The molecule has 1 aromatic rings. The molecule has 5 heteroatoms. The fourth-order valence-corrected chi connectivity index (χ4v) is 3.48. The number of likely N-dealkylation sites (tertiary alicyclic amines) is 1. The Hall–Kier alpha value is -0.940. The molecule has 0 spiro atoms. The van der Waals surface area contributed by atoms with Gasteiger partial charge >= 0.3 is 0 Å². The quantitative estimate of drug-likeness (QED) is 0.864. The van der Waals surface area contributed by atoms with Crippen LogP contribution in [0.3, 0.4) is 0 Å². The van der Waals surface area contributed by atoms with Crippen molar-refractivity contribution in [3.05, 3.63) is 11.7 Å². The Morgan fingerprint density at radius 3 is 3.06 bits per heavy atom. The summed E-state index contributed by atoms with van der Waals surface area (Å²) in [6, 6.07) is 0.626. The van der Waals surface area contributed by atoms with Crippen LogP contribution in [0.2, 0.25) is 0 Å². The normalized spacial score (nSPS) is 36.2. The Labute approximate surface area is 107 Å². The highest BCUT2D eigenvalue weighted by atomic mass is 16.5. The van der Waals surface area contributed by atoms with Gasteiger partial charge in [0.1, 0.15) is 0 Å². The minimum atomic E-state index is 0.585. The molecule has 4 rings (SSSR count). The lowest BCUT2D eigenvalue weighted by atomic mass is 9.95. The molecule has 1 aliphatic carbocycles. The zero-order valence-corrected chi connectivity index (χ0v) is 10.8. The highest BCUT2D eigenvalue weighted by Gasteiger charge is 2.42. The van der Waals surface area contributed by atoms with Gasteiger partial charge in [-0.3, -0.25) is 4.90 Å². The van der Waals surface area contributed by atoms with Crippen molar-refractivity contribution in [1.29, 1.82) is 0 Å². The first-order valence-electron chi connectivity index (χ1n) is 7.08. The Bertz CT molecular complexity index is 442. The van der Waals surface area contributed by atoms with Crippen LogP contribution in [0.25, 0.3) is 0 Å². The average Bonchev–Trinajstić information content (AvgIpc) is 2.83. The molecule has 3 fully saturated rings. The third-order valence-electron chi connectivity index (χ3n) is 4.82. The molecular weight excluding hydrogens is 228 g/mol. The van der Waals surface area contributed by atoms with Gasteiger partial charge in [0.2, 0.25) is 5.89 Å². The molecule has 3 atom stereocenters. The van der Waals surface area contributed by atoms with Gasteiger partial charge in [-0.2, -0.15) is 4.98 Å². The maximum absolute atomic E-state index is 5.38. The second-order valence-corrected chi connectivity index (χ2v) is 6.07. The van der Waals surface area contributed by atoms with Crippen LogP contribution in [-0.2, 0) is 6.54 Å². The van der Waals surface area contributed by atoms with Gasteiger partial charge in [-0.25, -0.2) is 0 Å². The topological polar surface area (TPSA) is 54.2 Å². The van der Waals surface area contributed by atoms with E-state index in [4.69, 9.17) is 4.52 Å². The monoisotopic (exact) mass is 248 g/mol. The highest BCUT2D eigenvalue weighted by molar-refractivity contribution is 5.04. The summed E-state index contributed by atoms with van der Waals surface area (Å²) in [6.07, 6.45) is 2.46. The number of rotatable bonds is 3. The molecule has 3 heterocycles. The molecule has 3 aliphatic rings. The van der Waals surface area contributed by atoms with E-state index in [2.05, 4.69) is 27.3 Å². The first-order chi connectivity index (χ1) is 8.81. The van der Waals surface area contributed by atoms with Crippen LogP contribution >= 0.6 is 0 Å². The molecule has 2 saturated heterocycles. The predicted molar refractivity (Wildman–Crippen MR) is 66.0 cm³/mol. The summed E-state index contributed by atoms with van der Waals surface area (Å²) in [5, 5.41) is 7.58. The van der Waals surface area contributed by atoms with Crippen molar-refractivity contribution in [2.24, 2.45) is 11.8 Å². The van der Waals surface area contributed by atoms with Gasteiger partial charge in [0.25, 0.3) is 0 Å². The summed E-state index contributed by atoms with van der Waals surface area (Å²) in [4.78, 5) is 7.03. The minimum Gasteiger partial charge on any atom is -0.338 e. The fraction of sp³-hybridized carbons (Fsp3) is 0.846. The lowest BCUT2D eigenvalue weighted by Crippen LogP contribution is -2.32. The third-order valence-corrected chi connectivity index (χ3v) is 4.82. The molecule has 0 bridgehead atoms. The van der Waals surface area contributed by atoms with Crippen molar-refractivity contribution in [1.82, 2.24) is 20.4 Å². The van der Waals surface area contributed by atoms with Crippen molar-refractivity contribution in [2.45, 2.75) is 38.3 Å². The summed E-state index contributed by atoms with van der Waals surface area (Å²) >= 11 is 0. The van der Waals surface area contributed by atoms with Crippen molar-refractivity contribution in [3.8, 4) is 0 Å². The van der Waals surface area contributed by atoms with E-state index >= 15 is 0 Å². The molecular formula is C13H20N4O. The Kier molecular flexibility index (Phi) is 2.45. The number of fused-ring (bicyclic) bond motifs is 1. The fourth-order valence-electron chi connectivity index (χ4n) is 3.48. The first-order valence-corrected chi connectivity index (χ1v) is 7.08. The van der Waals surface area contributed by atoms with E-state index < -0.39 is 0 Å². The summed E-state index contributed by atoms with van der Waals surface area (Å²) in [7, 11) is 0. The van der Waals surface area contributed by atoms with Crippen LogP contribution in [-0.4, -0.2) is 40.7 Å². The second-order valence-electron chi connectivity index (χ2n) is 6.07. The highest BCUT2D eigenvalue weighted by Crippen LogP contribution is 2.38. The van der Waals surface area contributed by atoms with Crippen molar-refractivity contribution < 1.29 is 4.52 Å². The number of nitrogens with zero attached hydrogens (tertiary/aromatic N) is 3. The molecule has 0 radical (unpaired) electrons. The van der Waals surface area contributed by atoms with Gasteiger partial charge < -0.3 is 9.84 Å². The molecule has 0 aromatic carbocycles.